The van der Waals surface area contributed by atoms with Crippen molar-refractivity contribution < 1.29 is 41.1 Å². The number of aromatic amines is 1. The van der Waals surface area contributed by atoms with Crippen molar-refractivity contribution in [2.45, 2.75) is 38.4 Å². The first kappa shape index (κ1) is 22.6. The van der Waals surface area contributed by atoms with E-state index in [0.29, 0.717) is 0 Å². The van der Waals surface area contributed by atoms with Crippen molar-refractivity contribution in [3.63, 3.8) is 0 Å². The number of carbonyl (C=O) groups is 2. The molecule has 1 N–H and O–H groups in total. The molecule has 0 aliphatic carbocycles. The highest BCUT2D eigenvalue weighted by Crippen LogP contribution is 2.34. The van der Waals surface area contributed by atoms with Crippen molar-refractivity contribution in [3.8, 4) is 0 Å². The van der Waals surface area contributed by atoms with Gasteiger partial charge in [-0.05, 0) is 6.92 Å². The largest absolute Gasteiger partial charge is 0.508 e. The molecule has 2 rings (SSSR count). The standard InChI is InChI=1S/C15H20N2O11S/c1-7-5-17(14(20)16-12(7)19)13-11(26-8(2)18)10(28-29(4,22)23)9(27-13)6-25-15(21)24-3/h5,9-11,13H,6H2,1-4H3,(H,16,19,20)/t9-,10+,11-,13-/m1/s1. The highest BCUT2D eigenvalue weighted by atomic mass is 32.2. The number of carbonyl (C=O) groups excluding carboxylic acids is 2. The molecule has 1 aromatic rings. The number of nitrogens with zero attached hydrogens (tertiary/aromatic N) is 1. The van der Waals surface area contributed by atoms with E-state index in [0.717, 1.165) is 31.1 Å². The molecule has 0 spiro atoms. The predicted molar refractivity (Wildman–Crippen MR) is 93.6 cm³/mol. The minimum atomic E-state index is -4.07. The molecule has 1 aliphatic rings. The minimum absolute atomic E-state index is 0.143. The van der Waals surface area contributed by atoms with E-state index in [1.54, 1.807) is 0 Å². The maximum absolute atomic E-state index is 12.2. The fourth-order valence-corrected chi connectivity index (χ4v) is 3.32. The Morgan fingerprint density at radius 2 is 1.93 bits per heavy atom. The monoisotopic (exact) mass is 436 g/mol. The summed E-state index contributed by atoms with van der Waals surface area (Å²) in [6.07, 6.45) is -4.66. The van der Waals surface area contributed by atoms with Gasteiger partial charge in [-0.1, -0.05) is 0 Å². The van der Waals surface area contributed by atoms with Gasteiger partial charge in [-0.25, -0.2) is 9.59 Å². The van der Waals surface area contributed by atoms with Crippen LogP contribution in [0.3, 0.4) is 0 Å². The quantitative estimate of drug-likeness (QED) is 0.420. The van der Waals surface area contributed by atoms with E-state index in [1.807, 2.05) is 0 Å². The molecule has 14 heteroatoms. The van der Waals surface area contributed by atoms with E-state index in [2.05, 4.69) is 9.72 Å². The topological polar surface area (TPSA) is 169 Å². The van der Waals surface area contributed by atoms with Gasteiger partial charge in [-0.15, -0.1) is 0 Å². The van der Waals surface area contributed by atoms with Crippen molar-refractivity contribution in [1.82, 2.24) is 9.55 Å². The van der Waals surface area contributed by atoms with Crippen LogP contribution in [0.2, 0.25) is 0 Å². The van der Waals surface area contributed by atoms with Crippen LogP contribution >= 0.6 is 0 Å². The zero-order valence-electron chi connectivity index (χ0n) is 15.9. The Bertz CT molecular complexity index is 996. The number of aromatic nitrogens is 2. The molecule has 162 valence electrons. The molecular weight excluding hydrogens is 416 g/mol. The molecule has 1 aromatic heterocycles. The number of aryl methyl sites for hydroxylation is 1. The number of hydrogen-bond acceptors (Lipinski definition) is 11. The van der Waals surface area contributed by atoms with Crippen LogP contribution in [0, 0.1) is 6.92 Å². The molecular formula is C15H20N2O11S. The molecule has 13 nitrogen and oxygen atoms in total. The van der Waals surface area contributed by atoms with Crippen LogP contribution < -0.4 is 11.2 Å². The van der Waals surface area contributed by atoms with Gasteiger partial charge < -0.3 is 18.9 Å². The Balaban J connectivity index is 2.49. The second kappa shape index (κ2) is 8.75. The summed E-state index contributed by atoms with van der Waals surface area (Å²) in [4.78, 5) is 48.8. The fraction of sp³-hybridized carbons (Fsp3) is 0.600. The summed E-state index contributed by atoms with van der Waals surface area (Å²) in [6.45, 7) is 1.96. The van der Waals surface area contributed by atoms with Gasteiger partial charge in [0.15, 0.2) is 12.3 Å². The number of hydrogen-bond donors (Lipinski definition) is 1. The first-order valence-electron chi connectivity index (χ1n) is 8.16. The van der Waals surface area contributed by atoms with E-state index in [4.69, 9.17) is 18.4 Å². The predicted octanol–water partition coefficient (Wildman–Crippen LogP) is -1.20. The zero-order chi connectivity index (χ0) is 21.9. The first-order chi connectivity index (χ1) is 13.4. The van der Waals surface area contributed by atoms with E-state index in [-0.39, 0.29) is 5.56 Å². The van der Waals surface area contributed by atoms with Gasteiger partial charge in [-0.3, -0.25) is 23.3 Å². The highest BCUT2D eigenvalue weighted by molar-refractivity contribution is 7.86. The fourth-order valence-electron chi connectivity index (χ4n) is 2.69. The summed E-state index contributed by atoms with van der Waals surface area (Å²) < 4.78 is 49.2. The maximum Gasteiger partial charge on any atom is 0.508 e. The lowest BCUT2D eigenvalue weighted by molar-refractivity contribution is -0.155. The highest BCUT2D eigenvalue weighted by Gasteiger charge is 2.51. The summed E-state index contributed by atoms with van der Waals surface area (Å²) in [5.41, 5.74) is -1.39. The first-order valence-corrected chi connectivity index (χ1v) is 9.98. The molecule has 1 fully saturated rings. The van der Waals surface area contributed by atoms with E-state index < -0.39 is 64.6 Å². The smallest absolute Gasteiger partial charge is 0.455 e. The van der Waals surface area contributed by atoms with E-state index in [1.165, 1.54) is 6.92 Å². The normalized spacial score (nSPS) is 24.1. The third-order valence-corrected chi connectivity index (χ3v) is 4.40. The van der Waals surface area contributed by atoms with Crippen LogP contribution in [0.15, 0.2) is 15.8 Å². The van der Waals surface area contributed by atoms with Crippen LogP contribution in [0.25, 0.3) is 0 Å². The lowest BCUT2D eigenvalue weighted by Gasteiger charge is -2.23. The van der Waals surface area contributed by atoms with E-state index in [9.17, 15) is 27.6 Å². The van der Waals surface area contributed by atoms with Gasteiger partial charge in [0, 0.05) is 18.7 Å². The van der Waals surface area contributed by atoms with Gasteiger partial charge >= 0.3 is 17.8 Å². The Labute approximate surface area is 164 Å². The number of ether oxygens (including phenoxy) is 4. The van der Waals surface area contributed by atoms with Crippen LogP contribution in [0.1, 0.15) is 18.7 Å². The molecule has 0 saturated carbocycles. The molecule has 4 atom stereocenters. The third-order valence-electron chi connectivity index (χ3n) is 3.83. The Hall–Kier alpha value is -2.71. The number of methoxy groups -OCH3 is 1. The summed E-state index contributed by atoms with van der Waals surface area (Å²) in [5.74, 6) is -0.811. The van der Waals surface area contributed by atoms with Gasteiger partial charge in [-0.2, -0.15) is 8.42 Å². The number of nitrogens with one attached hydrogen (secondary N) is 1. The average molecular weight is 436 g/mol. The molecule has 0 bridgehead atoms. The van der Waals surface area contributed by atoms with Crippen LogP contribution in [-0.2, 0) is 38.0 Å². The van der Waals surface area contributed by atoms with Crippen molar-refractivity contribution in [3.05, 3.63) is 32.6 Å². The average Bonchev–Trinajstić information content (AvgIpc) is 2.91. The van der Waals surface area contributed by atoms with Gasteiger partial charge in [0.25, 0.3) is 15.7 Å². The Morgan fingerprint density at radius 3 is 2.48 bits per heavy atom. The molecule has 29 heavy (non-hydrogen) atoms. The molecule has 1 aliphatic heterocycles. The summed E-state index contributed by atoms with van der Waals surface area (Å²) in [6, 6.07) is 0. The third kappa shape index (κ3) is 5.65. The lowest BCUT2D eigenvalue weighted by Crippen LogP contribution is -2.42. The second-order valence-electron chi connectivity index (χ2n) is 6.15. The maximum atomic E-state index is 12.2. The van der Waals surface area contributed by atoms with Crippen molar-refractivity contribution >= 4 is 22.2 Å². The lowest BCUT2D eigenvalue weighted by atomic mass is 10.1. The van der Waals surface area contributed by atoms with Crippen LogP contribution in [-0.4, -0.2) is 68.4 Å². The minimum Gasteiger partial charge on any atom is -0.455 e. The SMILES string of the molecule is COC(=O)OC[C@H]1O[C@@H](n2cc(C)c(=O)[nH]c2=O)[C@H](OC(C)=O)[C@H]1OS(C)(=O)=O. The number of H-pyrrole nitrogens is 1. The molecule has 0 unspecified atom stereocenters. The van der Waals surface area contributed by atoms with E-state index >= 15 is 0 Å². The summed E-state index contributed by atoms with van der Waals surface area (Å²) >= 11 is 0. The second-order valence-corrected chi connectivity index (χ2v) is 7.75. The Morgan fingerprint density at radius 1 is 1.28 bits per heavy atom. The molecule has 0 amide bonds. The van der Waals surface area contributed by atoms with Crippen molar-refractivity contribution in [2.75, 3.05) is 20.0 Å². The molecule has 0 radical (unpaired) electrons. The molecule has 0 aromatic carbocycles. The number of rotatable bonds is 6. The van der Waals surface area contributed by atoms with Crippen LogP contribution in [0.5, 0.6) is 0 Å². The van der Waals surface area contributed by atoms with Gasteiger partial charge in [0.05, 0.1) is 13.4 Å². The van der Waals surface area contributed by atoms with Gasteiger partial charge in [0.2, 0.25) is 0 Å². The van der Waals surface area contributed by atoms with Gasteiger partial charge in [0.1, 0.15) is 18.8 Å². The van der Waals surface area contributed by atoms with Crippen molar-refractivity contribution in [2.24, 2.45) is 0 Å². The van der Waals surface area contributed by atoms with Crippen LogP contribution in [0.4, 0.5) is 4.79 Å². The summed E-state index contributed by atoms with van der Waals surface area (Å²) in [7, 11) is -3.01. The number of esters is 1. The Kier molecular flexibility index (Phi) is 6.81. The molecule has 1 saturated heterocycles. The summed E-state index contributed by atoms with van der Waals surface area (Å²) in [5, 5.41) is 0. The van der Waals surface area contributed by atoms with Crippen molar-refractivity contribution in [1.29, 1.82) is 0 Å². The molecule has 2 heterocycles. The zero-order valence-corrected chi connectivity index (χ0v) is 16.8.